The molecular formula is C13H20N4O2S. The highest BCUT2D eigenvalue weighted by Crippen LogP contribution is 2.40. The van der Waals surface area contributed by atoms with Gasteiger partial charge in [0.05, 0.1) is 5.75 Å². The quantitative estimate of drug-likeness (QED) is 0.858. The molecule has 20 heavy (non-hydrogen) atoms. The van der Waals surface area contributed by atoms with E-state index in [1.165, 1.54) is 18.4 Å². The monoisotopic (exact) mass is 296 g/mol. The number of primary sulfonamides is 1. The summed E-state index contributed by atoms with van der Waals surface area (Å²) in [5.41, 5.74) is 2.34. The van der Waals surface area contributed by atoms with Crippen molar-refractivity contribution in [2.45, 2.75) is 38.0 Å². The summed E-state index contributed by atoms with van der Waals surface area (Å²) in [6.45, 7) is 0.367. The van der Waals surface area contributed by atoms with E-state index in [0.29, 0.717) is 12.5 Å². The van der Waals surface area contributed by atoms with Crippen molar-refractivity contribution in [3.05, 3.63) is 17.1 Å². The molecule has 110 valence electrons. The number of aromatic nitrogens is 2. The molecule has 6 nitrogen and oxygen atoms in total. The number of hydrogen-bond acceptors (Lipinski definition) is 5. The minimum absolute atomic E-state index is 0.0545. The predicted molar refractivity (Wildman–Crippen MR) is 77.3 cm³/mol. The molecule has 1 saturated carbocycles. The van der Waals surface area contributed by atoms with Crippen LogP contribution in [0, 0.1) is 0 Å². The Kier molecular flexibility index (Phi) is 3.41. The Morgan fingerprint density at radius 1 is 1.30 bits per heavy atom. The van der Waals surface area contributed by atoms with E-state index >= 15 is 0 Å². The summed E-state index contributed by atoms with van der Waals surface area (Å²) in [4.78, 5) is 11.3. The van der Waals surface area contributed by atoms with Gasteiger partial charge in [-0.3, -0.25) is 0 Å². The van der Waals surface area contributed by atoms with Crippen LogP contribution in [0.3, 0.4) is 0 Å². The van der Waals surface area contributed by atoms with Gasteiger partial charge in [-0.05, 0) is 32.1 Å². The molecule has 0 aliphatic heterocycles. The normalized spacial score (nSPS) is 18.1. The van der Waals surface area contributed by atoms with E-state index in [9.17, 15) is 8.42 Å². The molecule has 0 amide bonds. The highest BCUT2D eigenvalue weighted by molar-refractivity contribution is 7.89. The van der Waals surface area contributed by atoms with Crippen molar-refractivity contribution in [2.24, 2.45) is 5.14 Å². The molecule has 0 unspecified atom stereocenters. The van der Waals surface area contributed by atoms with Gasteiger partial charge in [-0.1, -0.05) is 0 Å². The maximum atomic E-state index is 11.1. The first kappa shape index (κ1) is 13.8. The number of sulfonamides is 1. The molecule has 2 N–H and O–H groups in total. The molecule has 3 rings (SSSR count). The molecule has 0 aromatic carbocycles. The Balaban J connectivity index is 1.87. The number of rotatable bonds is 5. The van der Waals surface area contributed by atoms with Crippen molar-refractivity contribution in [3.8, 4) is 0 Å². The van der Waals surface area contributed by atoms with Crippen LogP contribution in [0.25, 0.3) is 0 Å². The predicted octanol–water partition coefficient (Wildman–Crippen LogP) is 0.567. The first-order valence-electron chi connectivity index (χ1n) is 7.05. The van der Waals surface area contributed by atoms with Crippen LogP contribution in [0.1, 0.15) is 42.3 Å². The Bertz CT molecular complexity index is 626. The molecule has 1 aromatic heterocycles. The van der Waals surface area contributed by atoms with Gasteiger partial charge < -0.3 is 4.90 Å². The molecule has 1 fully saturated rings. The SMILES string of the molecule is CN(CCS(N)(=O)=O)c1nc(C2CC2)nc2c1CCC2. The van der Waals surface area contributed by atoms with Gasteiger partial charge in [0.15, 0.2) is 0 Å². The smallest absolute Gasteiger partial charge is 0.210 e. The van der Waals surface area contributed by atoms with Crippen molar-refractivity contribution in [1.82, 2.24) is 9.97 Å². The Labute approximate surface area is 119 Å². The lowest BCUT2D eigenvalue weighted by molar-refractivity contribution is 0.596. The molecular weight excluding hydrogens is 276 g/mol. The van der Waals surface area contributed by atoms with Crippen LogP contribution >= 0.6 is 0 Å². The second-order valence-corrected chi connectivity index (χ2v) is 7.48. The maximum Gasteiger partial charge on any atom is 0.210 e. The summed E-state index contributed by atoms with van der Waals surface area (Å²) in [5, 5.41) is 5.08. The van der Waals surface area contributed by atoms with Crippen molar-refractivity contribution in [1.29, 1.82) is 0 Å². The fourth-order valence-corrected chi connectivity index (χ4v) is 3.17. The molecule has 0 saturated heterocycles. The third kappa shape index (κ3) is 2.93. The molecule has 1 heterocycles. The van der Waals surface area contributed by atoms with E-state index in [4.69, 9.17) is 5.14 Å². The van der Waals surface area contributed by atoms with Gasteiger partial charge >= 0.3 is 0 Å². The minimum atomic E-state index is -3.44. The van der Waals surface area contributed by atoms with Crippen molar-refractivity contribution in [3.63, 3.8) is 0 Å². The summed E-state index contributed by atoms with van der Waals surface area (Å²) in [6, 6.07) is 0. The highest BCUT2D eigenvalue weighted by atomic mass is 32.2. The molecule has 0 bridgehead atoms. The zero-order valence-corrected chi connectivity index (χ0v) is 12.5. The third-order valence-corrected chi connectivity index (χ3v) is 4.70. The molecule has 2 aliphatic rings. The fourth-order valence-electron chi connectivity index (χ4n) is 2.64. The standard InChI is InChI=1S/C13H20N4O2S/c1-17(7-8-20(14,18)19)13-10-3-2-4-11(10)15-12(16-13)9-5-6-9/h9H,2-8H2,1H3,(H2,14,18,19). The lowest BCUT2D eigenvalue weighted by atomic mass is 10.2. The number of nitrogens with two attached hydrogens (primary N) is 1. The molecule has 0 radical (unpaired) electrons. The average molecular weight is 296 g/mol. The van der Waals surface area contributed by atoms with E-state index in [-0.39, 0.29) is 5.75 Å². The Morgan fingerprint density at radius 3 is 2.70 bits per heavy atom. The first-order chi connectivity index (χ1) is 9.44. The van der Waals surface area contributed by atoms with Gasteiger partial charge in [-0.2, -0.15) is 0 Å². The lowest BCUT2D eigenvalue weighted by Gasteiger charge is -2.21. The Hall–Kier alpha value is -1.21. The highest BCUT2D eigenvalue weighted by Gasteiger charge is 2.30. The van der Waals surface area contributed by atoms with Crippen LogP contribution in [0.4, 0.5) is 5.82 Å². The summed E-state index contributed by atoms with van der Waals surface area (Å²) >= 11 is 0. The fraction of sp³-hybridized carbons (Fsp3) is 0.692. The van der Waals surface area contributed by atoms with Gasteiger partial charge in [-0.15, -0.1) is 0 Å². The van der Waals surface area contributed by atoms with Crippen molar-refractivity contribution < 1.29 is 8.42 Å². The largest absolute Gasteiger partial charge is 0.358 e. The summed E-state index contributed by atoms with van der Waals surface area (Å²) < 4.78 is 22.2. The van der Waals surface area contributed by atoms with Crippen LogP contribution in [-0.4, -0.2) is 37.7 Å². The van der Waals surface area contributed by atoms with Crippen LogP contribution in [-0.2, 0) is 22.9 Å². The molecule has 0 atom stereocenters. The molecule has 2 aliphatic carbocycles. The van der Waals surface area contributed by atoms with Crippen molar-refractivity contribution in [2.75, 3.05) is 24.2 Å². The second-order valence-electron chi connectivity index (χ2n) is 5.75. The maximum absolute atomic E-state index is 11.1. The van der Waals surface area contributed by atoms with Gasteiger partial charge in [0, 0.05) is 30.8 Å². The number of anilines is 1. The van der Waals surface area contributed by atoms with Crippen LogP contribution in [0.2, 0.25) is 0 Å². The van der Waals surface area contributed by atoms with E-state index in [1.807, 2.05) is 11.9 Å². The van der Waals surface area contributed by atoms with Gasteiger partial charge in [-0.25, -0.2) is 23.5 Å². The number of nitrogens with zero attached hydrogens (tertiary/aromatic N) is 3. The number of hydrogen-bond donors (Lipinski definition) is 1. The van der Waals surface area contributed by atoms with E-state index in [2.05, 4.69) is 9.97 Å². The van der Waals surface area contributed by atoms with Crippen molar-refractivity contribution >= 4 is 15.8 Å². The topological polar surface area (TPSA) is 89.2 Å². The Morgan fingerprint density at radius 2 is 2.05 bits per heavy atom. The molecule has 1 aromatic rings. The number of aryl methyl sites for hydroxylation is 1. The van der Waals surface area contributed by atoms with E-state index in [0.717, 1.165) is 36.6 Å². The third-order valence-electron chi connectivity index (χ3n) is 3.94. The molecule has 0 spiro atoms. The average Bonchev–Trinajstić information content (AvgIpc) is 3.12. The van der Waals surface area contributed by atoms with E-state index < -0.39 is 10.0 Å². The van der Waals surface area contributed by atoms with Crippen LogP contribution in [0.15, 0.2) is 0 Å². The zero-order chi connectivity index (χ0) is 14.3. The summed E-state index contributed by atoms with van der Waals surface area (Å²) in [5.74, 6) is 2.29. The lowest BCUT2D eigenvalue weighted by Crippen LogP contribution is -2.30. The van der Waals surface area contributed by atoms with E-state index in [1.54, 1.807) is 0 Å². The van der Waals surface area contributed by atoms with Gasteiger partial charge in [0.1, 0.15) is 11.6 Å². The second kappa shape index (κ2) is 4.96. The minimum Gasteiger partial charge on any atom is -0.358 e. The zero-order valence-electron chi connectivity index (χ0n) is 11.7. The van der Waals surface area contributed by atoms with Gasteiger partial charge in [0.25, 0.3) is 0 Å². The van der Waals surface area contributed by atoms with Crippen LogP contribution in [0.5, 0.6) is 0 Å². The number of fused-ring (bicyclic) bond motifs is 1. The molecule has 7 heteroatoms. The summed E-state index contributed by atoms with van der Waals surface area (Å²) in [7, 11) is -1.56. The van der Waals surface area contributed by atoms with Gasteiger partial charge in [0.2, 0.25) is 10.0 Å². The first-order valence-corrected chi connectivity index (χ1v) is 8.77. The van der Waals surface area contributed by atoms with Crippen LogP contribution < -0.4 is 10.0 Å². The summed E-state index contributed by atoms with van der Waals surface area (Å²) in [6.07, 6.45) is 5.43.